The number of ether oxygens (including phenoxy) is 1. The number of amides is 2. The minimum atomic E-state index is -0.379. The number of hydrogen-bond donors (Lipinski definition) is 0. The SMILES string of the molecule is COc1ccc(C(=O)N2CCN(C(=O)C(C)(C)C)CC2)c(C)c1C. The van der Waals surface area contributed by atoms with E-state index in [1.807, 2.05) is 56.6 Å². The van der Waals surface area contributed by atoms with Crippen LogP contribution in [0, 0.1) is 19.3 Å². The van der Waals surface area contributed by atoms with Crippen LogP contribution < -0.4 is 4.74 Å². The molecule has 1 saturated heterocycles. The molecule has 0 atom stereocenters. The number of benzene rings is 1. The third-order valence-corrected chi connectivity index (χ3v) is 4.68. The Morgan fingerprint density at radius 1 is 0.958 bits per heavy atom. The first-order valence-corrected chi connectivity index (χ1v) is 8.39. The molecule has 0 aliphatic carbocycles. The highest BCUT2D eigenvalue weighted by molar-refractivity contribution is 5.96. The van der Waals surface area contributed by atoms with Crippen LogP contribution in [0.3, 0.4) is 0 Å². The van der Waals surface area contributed by atoms with Gasteiger partial charge in [0, 0.05) is 37.2 Å². The Kier molecular flexibility index (Phi) is 5.21. The number of rotatable bonds is 2. The van der Waals surface area contributed by atoms with Crippen LogP contribution in [-0.4, -0.2) is 54.9 Å². The Balaban J connectivity index is 2.09. The molecule has 1 aliphatic heterocycles. The van der Waals surface area contributed by atoms with E-state index >= 15 is 0 Å². The Labute approximate surface area is 144 Å². The van der Waals surface area contributed by atoms with E-state index in [-0.39, 0.29) is 17.2 Å². The molecule has 0 aromatic heterocycles. The lowest BCUT2D eigenvalue weighted by Gasteiger charge is -2.37. The number of carbonyl (C=O) groups is 2. The van der Waals surface area contributed by atoms with Gasteiger partial charge in [0.15, 0.2) is 0 Å². The van der Waals surface area contributed by atoms with E-state index in [1.165, 1.54) is 0 Å². The average molecular weight is 332 g/mol. The van der Waals surface area contributed by atoms with Crippen LogP contribution in [0.5, 0.6) is 5.75 Å². The fourth-order valence-electron chi connectivity index (χ4n) is 3.01. The van der Waals surface area contributed by atoms with Gasteiger partial charge in [0.05, 0.1) is 7.11 Å². The Hall–Kier alpha value is -2.04. The second-order valence-electron chi connectivity index (χ2n) is 7.40. The molecule has 0 spiro atoms. The normalized spacial score (nSPS) is 15.4. The maximum absolute atomic E-state index is 12.8. The van der Waals surface area contributed by atoms with Gasteiger partial charge in [-0.1, -0.05) is 20.8 Å². The molecule has 5 heteroatoms. The summed E-state index contributed by atoms with van der Waals surface area (Å²) in [5.74, 6) is 0.969. The summed E-state index contributed by atoms with van der Waals surface area (Å²) in [5, 5.41) is 0. The molecule has 1 heterocycles. The van der Waals surface area contributed by atoms with Crippen molar-refractivity contribution in [2.24, 2.45) is 5.41 Å². The molecule has 1 aromatic rings. The maximum atomic E-state index is 12.8. The lowest BCUT2D eigenvalue weighted by atomic mass is 9.94. The van der Waals surface area contributed by atoms with Gasteiger partial charge in [0.2, 0.25) is 5.91 Å². The van der Waals surface area contributed by atoms with E-state index in [1.54, 1.807) is 7.11 Å². The molecule has 2 amide bonds. The predicted molar refractivity (Wildman–Crippen MR) is 94.4 cm³/mol. The van der Waals surface area contributed by atoms with Gasteiger partial charge in [0.25, 0.3) is 5.91 Å². The summed E-state index contributed by atoms with van der Waals surface area (Å²) in [4.78, 5) is 28.9. The van der Waals surface area contributed by atoms with Crippen LogP contribution >= 0.6 is 0 Å². The molecule has 5 nitrogen and oxygen atoms in total. The van der Waals surface area contributed by atoms with Gasteiger partial charge in [-0.15, -0.1) is 0 Å². The molecule has 24 heavy (non-hydrogen) atoms. The van der Waals surface area contributed by atoms with Crippen LogP contribution in [0.15, 0.2) is 12.1 Å². The standard InChI is InChI=1S/C19H28N2O3/c1-13-14(2)16(24-6)8-7-15(13)17(22)20-9-11-21(12-10-20)18(23)19(3,4)5/h7-8H,9-12H2,1-6H3. The van der Waals surface area contributed by atoms with Gasteiger partial charge < -0.3 is 14.5 Å². The van der Waals surface area contributed by atoms with Gasteiger partial charge in [0.1, 0.15) is 5.75 Å². The van der Waals surface area contributed by atoms with E-state index in [9.17, 15) is 9.59 Å². The highest BCUT2D eigenvalue weighted by Crippen LogP contribution is 2.25. The first-order chi connectivity index (χ1) is 11.2. The average Bonchev–Trinajstić information content (AvgIpc) is 2.55. The summed E-state index contributed by atoms with van der Waals surface area (Å²) in [7, 11) is 1.63. The largest absolute Gasteiger partial charge is 0.496 e. The minimum Gasteiger partial charge on any atom is -0.496 e. The molecule has 0 unspecified atom stereocenters. The zero-order chi connectivity index (χ0) is 18.1. The molecule has 0 radical (unpaired) electrons. The molecule has 1 aromatic carbocycles. The van der Waals surface area contributed by atoms with Crippen molar-refractivity contribution in [1.82, 2.24) is 9.80 Å². The van der Waals surface area contributed by atoms with Crippen LogP contribution in [0.25, 0.3) is 0 Å². The van der Waals surface area contributed by atoms with Crippen molar-refractivity contribution in [2.75, 3.05) is 33.3 Å². The lowest BCUT2D eigenvalue weighted by Crippen LogP contribution is -2.53. The summed E-state index contributed by atoms with van der Waals surface area (Å²) in [6, 6.07) is 3.67. The number of hydrogen-bond acceptors (Lipinski definition) is 3. The third-order valence-electron chi connectivity index (χ3n) is 4.68. The van der Waals surface area contributed by atoms with Gasteiger partial charge in [-0.2, -0.15) is 0 Å². The van der Waals surface area contributed by atoms with E-state index in [0.29, 0.717) is 31.7 Å². The van der Waals surface area contributed by atoms with Crippen LogP contribution in [-0.2, 0) is 4.79 Å². The van der Waals surface area contributed by atoms with E-state index < -0.39 is 0 Å². The van der Waals surface area contributed by atoms with Crippen molar-refractivity contribution in [2.45, 2.75) is 34.6 Å². The summed E-state index contributed by atoms with van der Waals surface area (Å²) in [6.07, 6.45) is 0. The summed E-state index contributed by atoms with van der Waals surface area (Å²) in [6.45, 7) is 12.0. The molecule has 2 rings (SSSR count). The number of piperazine rings is 1. The van der Waals surface area contributed by atoms with Gasteiger partial charge in [-0.3, -0.25) is 9.59 Å². The molecule has 132 valence electrons. The van der Waals surface area contributed by atoms with Crippen molar-refractivity contribution in [3.63, 3.8) is 0 Å². The minimum absolute atomic E-state index is 0.0288. The Morgan fingerprint density at radius 2 is 1.50 bits per heavy atom. The quantitative estimate of drug-likeness (QED) is 0.836. The van der Waals surface area contributed by atoms with E-state index in [2.05, 4.69) is 0 Å². The summed E-state index contributed by atoms with van der Waals surface area (Å²) < 4.78 is 5.31. The molecule has 1 fully saturated rings. The zero-order valence-electron chi connectivity index (χ0n) is 15.6. The molecular formula is C19H28N2O3. The maximum Gasteiger partial charge on any atom is 0.254 e. The number of nitrogens with zero attached hydrogens (tertiary/aromatic N) is 2. The third kappa shape index (κ3) is 3.55. The van der Waals surface area contributed by atoms with Crippen LogP contribution in [0.2, 0.25) is 0 Å². The van der Waals surface area contributed by atoms with Crippen molar-refractivity contribution >= 4 is 11.8 Å². The van der Waals surface area contributed by atoms with Gasteiger partial charge in [-0.05, 0) is 37.1 Å². The summed E-state index contributed by atoms with van der Waals surface area (Å²) >= 11 is 0. The van der Waals surface area contributed by atoms with Gasteiger partial charge in [-0.25, -0.2) is 0 Å². The first-order valence-electron chi connectivity index (χ1n) is 8.39. The van der Waals surface area contributed by atoms with E-state index in [0.717, 1.165) is 16.9 Å². The first kappa shape index (κ1) is 18.3. The Morgan fingerprint density at radius 3 is 2.00 bits per heavy atom. The van der Waals surface area contributed by atoms with Crippen LogP contribution in [0.4, 0.5) is 0 Å². The fourth-order valence-corrected chi connectivity index (χ4v) is 3.01. The fraction of sp³-hybridized carbons (Fsp3) is 0.579. The van der Waals surface area contributed by atoms with Crippen molar-refractivity contribution in [1.29, 1.82) is 0 Å². The van der Waals surface area contributed by atoms with E-state index in [4.69, 9.17) is 4.74 Å². The highest BCUT2D eigenvalue weighted by atomic mass is 16.5. The molecule has 1 aliphatic rings. The van der Waals surface area contributed by atoms with Crippen molar-refractivity contribution < 1.29 is 14.3 Å². The van der Waals surface area contributed by atoms with Gasteiger partial charge >= 0.3 is 0 Å². The topological polar surface area (TPSA) is 49.9 Å². The second kappa shape index (κ2) is 6.83. The molecule has 0 saturated carbocycles. The highest BCUT2D eigenvalue weighted by Gasteiger charge is 2.31. The summed E-state index contributed by atoms with van der Waals surface area (Å²) in [5.41, 5.74) is 2.27. The second-order valence-corrected chi connectivity index (χ2v) is 7.40. The van der Waals surface area contributed by atoms with Crippen molar-refractivity contribution in [3.8, 4) is 5.75 Å². The number of carbonyl (C=O) groups excluding carboxylic acids is 2. The lowest BCUT2D eigenvalue weighted by molar-refractivity contribution is -0.140. The smallest absolute Gasteiger partial charge is 0.254 e. The Bertz CT molecular complexity index is 639. The number of methoxy groups -OCH3 is 1. The molecule has 0 N–H and O–H groups in total. The predicted octanol–water partition coefficient (Wildman–Crippen LogP) is 2.64. The molecule has 0 bridgehead atoms. The zero-order valence-corrected chi connectivity index (χ0v) is 15.6. The monoisotopic (exact) mass is 332 g/mol. The van der Waals surface area contributed by atoms with Crippen molar-refractivity contribution in [3.05, 3.63) is 28.8 Å². The molecular weight excluding hydrogens is 304 g/mol. The van der Waals surface area contributed by atoms with Crippen LogP contribution in [0.1, 0.15) is 42.3 Å².